The fourth-order valence-corrected chi connectivity index (χ4v) is 3.46. The van der Waals surface area contributed by atoms with Crippen LogP contribution in [0.15, 0.2) is 42.5 Å². The van der Waals surface area contributed by atoms with Gasteiger partial charge in [-0.05, 0) is 24.3 Å². The minimum absolute atomic E-state index is 0.626. The van der Waals surface area contributed by atoms with Gasteiger partial charge in [0.05, 0.1) is 53.2 Å². The Kier molecular flexibility index (Phi) is 6.65. The fraction of sp³-hybridized carbons (Fsp3) is 0.429. The molecule has 0 aliphatic carbocycles. The average molecular weight is 373 g/mol. The number of methoxy groups -OCH3 is 3. The van der Waals surface area contributed by atoms with Crippen molar-refractivity contribution in [2.45, 2.75) is 0 Å². The third kappa shape index (κ3) is 4.57. The highest BCUT2D eigenvalue weighted by Gasteiger charge is 2.22. The number of benzene rings is 2. The summed E-state index contributed by atoms with van der Waals surface area (Å²) in [6.07, 6.45) is 0. The van der Waals surface area contributed by atoms with Crippen LogP contribution >= 0.6 is 0 Å². The molecular formula is C21H29N2O4+. The van der Waals surface area contributed by atoms with Gasteiger partial charge in [-0.15, -0.1) is 0 Å². The largest absolute Gasteiger partial charge is 0.495 e. The smallest absolute Gasteiger partial charge is 0.203 e. The van der Waals surface area contributed by atoms with Crippen LogP contribution in [0, 0.1) is 0 Å². The molecular weight excluding hydrogens is 344 g/mol. The molecule has 2 aromatic carbocycles. The van der Waals surface area contributed by atoms with Crippen molar-refractivity contribution in [2.75, 3.05) is 65.6 Å². The van der Waals surface area contributed by atoms with E-state index in [-0.39, 0.29) is 0 Å². The van der Waals surface area contributed by atoms with Gasteiger partial charge in [0.2, 0.25) is 5.75 Å². The second-order valence-corrected chi connectivity index (χ2v) is 6.50. The minimum Gasteiger partial charge on any atom is -0.495 e. The summed E-state index contributed by atoms with van der Waals surface area (Å²) < 4.78 is 22.3. The molecule has 27 heavy (non-hydrogen) atoms. The Morgan fingerprint density at radius 1 is 0.815 bits per heavy atom. The lowest BCUT2D eigenvalue weighted by molar-refractivity contribution is -0.900. The number of piperazine rings is 1. The van der Waals surface area contributed by atoms with Crippen molar-refractivity contribution in [1.29, 1.82) is 0 Å². The van der Waals surface area contributed by atoms with Crippen molar-refractivity contribution < 1.29 is 23.8 Å². The highest BCUT2D eigenvalue weighted by molar-refractivity contribution is 5.58. The van der Waals surface area contributed by atoms with Crippen LogP contribution in [-0.4, -0.2) is 60.7 Å². The standard InChI is InChI=1S/C21H28N2O4/c1-24-18-8-5-4-7-17(18)23-13-11-22(12-14-23)15-16-27-21-19(25-2)9-6-10-20(21)26-3/h4-10H,11-16H2,1-3H3/p+1. The van der Waals surface area contributed by atoms with Gasteiger partial charge in [-0.25, -0.2) is 0 Å². The summed E-state index contributed by atoms with van der Waals surface area (Å²) in [7, 11) is 5.01. The summed E-state index contributed by atoms with van der Waals surface area (Å²) in [5.41, 5.74) is 1.18. The molecule has 3 rings (SSSR count). The predicted octanol–water partition coefficient (Wildman–Crippen LogP) is 1.50. The third-order valence-electron chi connectivity index (χ3n) is 4.98. The van der Waals surface area contributed by atoms with E-state index in [4.69, 9.17) is 18.9 Å². The Hall–Kier alpha value is -2.60. The molecule has 6 nitrogen and oxygen atoms in total. The van der Waals surface area contributed by atoms with Gasteiger partial charge in [0.15, 0.2) is 11.5 Å². The second-order valence-electron chi connectivity index (χ2n) is 6.50. The number of nitrogens with one attached hydrogen (secondary N) is 1. The van der Waals surface area contributed by atoms with E-state index < -0.39 is 0 Å². The van der Waals surface area contributed by atoms with Crippen LogP contribution in [0.5, 0.6) is 23.0 Å². The van der Waals surface area contributed by atoms with Gasteiger partial charge < -0.3 is 28.7 Å². The number of ether oxygens (including phenoxy) is 4. The van der Waals surface area contributed by atoms with Crippen LogP contribution in [0.25, 0.3) is 0 Å². The Morgan fingerprint density at radius 3 is 2.04 bits per heavy atom. The zero-order valence-electron chi connectivity index (χ0n) is 16.4. The van der Waals surface area contributed by atoms with Gasteiger partial charge >= 0.3 is 0 Å². The van der Waals surface area contributed by atoms with Crippen LogP contribution < -0.4 is 28.7 Å². The molecule has 1 N–H and O–H groups in total. The summed E-state index contributed by atoms with van der Waals surface area (Å²) >= 11 is 0. The van der Waals surface area contributed by atoms with E-state index in [1.165, 1.54) is 10.6 Å². The lowest BCUT2D eigenvalue weighted by Gasteiger charge is -2.34. The molecule has 6 heteroatoms. The third-order valence-corrected chi connectivity index (χ3v) is 4.98. The quantitative estimate of drug-likeness (QED) is 0.760. The normalized spacial score (nSPS) is 14.7. The lowest BCUT2D eigenvalue weighted by Crippen LogP contribution is -3.15. The van der Waals surface area contributed by atoms with Gasteiger partial charge in [-0.3, -0.25) is 0 Å². The zero-order valence-corrected chi connectivity index (χ0v) is 16.4. The molecule has 0 bridgehead atoms. The Labute approximate surface area is 161 Å². The van der Waals surface area contributed by atoms with Gasteiger partial charge in [-0.1, -0.05) is 18.2 Å². The Balaban J connectivity index is 1.51. The van der Waals surface area contributed by atoms with Gasteiger partial charge in [0.25, 0.3) is 0 Å². The van der Waals surface area contributed by atoms with Gasteiger partial charge in [-0.2, -0.15) is 0 Å². The highest BCUT2D eigenvalue weighted by atomic mass is 16.5. The zero-order chi connectivity index (χ0) is 19.1. The number of rotatable bonds is 8. The van der Waals surface area contributed by atoms with Crippen molar-refractivity contribution >= 4 is 5.69 Å². The Morgan fingerprint density at radius 2 is 1.41 bits per heavy atom. The predicted molar refractivity (Wildman–Crippen MR) is 106 cm³/mol. The number of para-hydroxylation sites is 3. The van der Waals surface area contributed by atoms with Crippen molar-refractivity contribution in [1.82, 2.24) is 0 Å². The van der Waals surface area contributed by atoms with Crippen LogP contribution in [0.4, 0.5) is 5.69 Å². The van der Waals surface area contributed by atoms with E-state index in [2.05, 4.69) is 17.0 Å². The molecule has 1 fully saturated rings. The van der Waals surface area contributed by atoms with E-state index in [0.717, 1.165) is 38.5 Å². The molecule has 146 valence electrons. The molecule has 0 saturated carbocycles. The first-order valence-corrected chi connectivity index (χ1v) is 9.32. The van der Waals surface area contributed by atoms with Gasteiger partial charge in [0, 0.05) is 0 Å². The van der Waals surface area contributed by atoms with Crippen LogP contribution in [0.1, 0.15) is 0 Å². The molecule has 1 aliphatic rings. The van der Waals surface area contributed by atoms with Crippen LogP contribution in [0.3, 0.4) is 0 Å². The summed E-state index contributed by atoms with van der Waals surface area (Å²) in [5, 5.41) is 0. The monoisotopic (exact) mass is 373 g/mol. The molecule has 0 radical (unpaired) electrons. The van der Waals surface area contributed by atoms with Crippen LogP contribution in [-0.2, 0) is 0 Å². The van der Waals surface area contributed by atoms with Crippen molar-refractivity contribution in [3.05, 3.63) is 42.5 Å². The van der Waals surface area contributed by atoms with Crippen molar-refractivity contribution in [3.63, 3.8) is 0 Å². The van der Waals surface area contributed by atoms with Gasteiger partial charge in [0.1, 0.15) is 18.9 Å². The highest BCUT2D eigenvalue weighted by Crippen LogP contribution is 2.36. The summed E-state index contributed by atoms with van der Waals surface area (Å²) in [4.78, 5) is 3.93. The molecule has 0 amide bonds. The number of quaternary nitrogens is 1. The number of hydrogen-bond acceptors (Lipinski definition) is 5. The maximum atomic E-state index is 6.00. The molecule has 0 unspecified atom stereocenters. The topological polar surface area (TPSA) is 44.6 Å². The maximum Gasteiger partial charge on any atom is 0.203 e. The maximum absolute atomic E-state index is 6.00. The van der Waals surface area contributed by atoms with E-state index in [1.807, 2.05) is 30.3 Å². The minimum atomic E-state index is 0.626. The first kappa shape index (κ1) is 19.2. The average Bonchev–Trinajstić information content (AvgIpc) is 2.74. The SMILES string of the molecule is COc1ccccc1N1CC[NH+](CCOc2c(OC)cccc2OC)CC1. The second kappa shape index (κ2) is 9.37. The van der Waals surface area contributed by atoms with Crippen molar-refractivity contribution in [2.24, 2.45) is 0 Å². The molecule has 1 aliphatic heterocycles. The van der Waals surface area contributed by atoms with Crippen molar-refractivity contribution in [3.8, 4) is 23.0 Å². The molecule has 1 heterocycles. The summed E-state index contributed by atoms with van der Waals surface area (Å²) in [5.74, 6) is 3.01. The number of nitrogens with zero attached hydrogens (tertiary/aromatic N) is 1. The fourth-order valence-electron chi connectivity index (χ4n) is 3.46. The molecule has 1 saturated heterocycles. The van der Waals surface area contributed by atoms with Crippen LogP contribution in [0.2, 0.25) is 0 Å². The molecule has 2 aromatic rings. The van der Waals surface area contributed by atoms with E-state index in [9.17, 15) is 0 Å². The van der Waals surface area contributed by atoms with E-state index >= 15 is 0 Å². The summed E-state index contributed by atoms with van der Waals surface area (Å²) in [6, 6.07) is 13.9. The first-order chi connectivity index (χ1) is 13.3. The lowest BCUT2D eigenvalue weighted by atomic mass is 10.2. The Bertz CT molecular complexity index is 708. The van der Waals surface area contributed by atoms with E-state index in [0.29, 0.717) is 23.9 Å². The summed E-state index contributed by atoms with van der Waals surface area (Å²) in [6.45, 7) is 5.73. The number of anilines is 1. The molecule has 0 atom stereocenters. The first-order valence-electron chi connectivity index (χ1n) is 9.32. The molecule has 0 spiro atoms. The number of hydrogen-bond donors (Lipinski definition) is 1. The van der Waals surface area contributed by atoms with E-state index in [1.54, 1.807) is 21.3 Å². The molecule has 0 aromatic heterocycles.